The molecule has 12 nitrogen and oxygen atoms in total. The molecule has 0 aromatic heterocycles. The minimum Gasteiger partial charge on any atom is -0.381 e. The standard InChI is InChI=1S/C22H36N2.C17H25NO.2C16H23NO.2C15H21NO/c1-20(2,3)17-23-14-11-22(12-15-23)13-16-24(21(4,5)6)19-10-8-7-9-18(19)22;1-16(2,3)18-11-8-17(9-12-19-13-10-17)14-6-4-5-7-15(14)18;1-15(2,3)17-11-10-16(9-6-12-18-16)13-7-4-5-8-14(13)17;1-15(2,3)17-10-8-16(9-11-18-12-16)13-6-4-5-7-14(13)17;1-14(2,3)16-11-15(9-6-10-17-15)12-7-4-5-8-13(12)16;1-14(2,3)16-10-15(8-9-17-11-15)12-6-4-5-7-13(12)16/h7-10H,11-17H2,1-6H3;4-7H,8-13H2,1-3H3;4-5,7-8H,6,9-12H2,1-3H3;4-7H,8-12H2,1-3H3;4-5,7-8H,6,9-11H2,1-3H3;4-7H,8-11H2,1-3H3. The van der Waals surface area contributed by atoms with Gasteiger partial charge in [-0.1, -0.05) is 130 Å². The second-order valence-electron chi connectivity index (χ2n) is 43.0. The first-order chi connectivity index (χ1) is 53.3. The molecule has 0 bridgehead atoms. The van der Waals surface area contributed by atoms with Crippen LogP contribution in [-0.2, 0) is 56.5 Å². The van der Waals surface area contributed by atoms with Crippen molar-refractivity contribution in [1.82, 2.24) is 4.90 Å². The zero-order valence-corrected chi connectivity index (χ0v) is 74.4. The summed E-state index contributed by atoms with van der Waals surface area (Å²) in [6.07, 6.45) is 17.0. The van der Waals surface area contributed by atoms with Crippen molar-refractivity contribution in [1.29, 1.82) is 0 Å². The SMILES string of the molecule is CC(C)(C)CN1CCC2(CC1)CCN(C(C)(C)C)c1ccccc12.CC(C)(C)N1CC2(CCCO2)c2ccccc21.CC(C)(C)N1CC2(CCOC2)c2ccccc21.CC(C)(C)N1CCC2(CCCO2)c2ccccc21.CC(C)(C)N1CCC2(CCOC2)c2ccccc21.CC(C)(C)N1CCC2(CCOCC2)c2ccccc21. The maximum atomic E-state index is 6.14. The van der Waals surface area contributed by atoms with E-state index in [1.807, 2.05) is 0 Å². The fourth-order valence-corrected chi connectivity index (χ4v) is 21.7. The fraction of sp³-hybridized carbons (Fsp3) is 0.644. The Morgan fingerprint density at radius 2 is 0.540 bits per heavy atom. The van der Waals surface area contributed by atoms with E-state index in [9.17, 15) is 0 Å². The summed E-state index contributed by atoms with van der Waals surface area (Å²) in [5, 5.41) is 0. The van der Waals surface area contributed by atoms with E-state index >= 15 is 0 Å². The van der Waals surface area contributed by atoms with Gasteiger partial charge >= 0.3 is 0 Å². The van der Waals surface area contributed by atoms with Crippen LogP contribution in [0.4, 0.5) is 34.1 Å². The third-order valence-corrected chi connectivity index (χ3v) is 27.7. The van der Waals surface area contributed by atoms with Gasteiger partial charge in [0.15, 0.2) is 0 Å². The summed E-state index contributed by atoms with van der Waals surface area (Å²) in [7, 11) is 0. The van der Waals surface area contributed by atoms with Gasteiger partial charge in [-0.3, -0.25) is 0 Å². The van der Waals surface area contributed by atoms with Gasteiger partial charge in [0, 0.05) is 179 Å². The predicted octanol–water partition coefficient (Wildman–Crippen LogP) is 22.1. The number of rotatable bonds is 1. The largest absolute Gasteiger partial charge is 0.381 e. The predicted molar refractivity (Wildman–Crippen MR) is 476 cm³/mol. The molecular weight excluding hydrogens is 1390 g/mol. The zero-order chi connectivity index (χ0) is 80.9. The number of para-hydroxylation sites is 6. The van der Waals surface area contributed by atoms with Crippen LogP contribution in [0.2, 0.25) is 0 Å². The van der Waals surface area contributed by atoms with Gasteiger partial charge < -0.3 is 58.0 Å². The van der Waals surface area contributed by atoms with Crippen molar-refractivity contribution in [2.45, 2.75) is 301 Å². The van der Waals surface area contributed by atoms with Crippen LogP contribution < -0.4 is 29.4 Å². The van der Waals surface area contributed by atoms with Crippen LogP contribution in [0.1, 0.15) is 269 Å². The molecule has 6 fully saturated rings. The molecule has 113 heavy (non-hydrogen) atoms. The summed E-state index contributed by atoms with van der Waals surface area (Å²) in [4.78, 5) is 18.0. The monoisotopic (exact) mass is 1540 g/mol. The van der Waals surface area contributed by atoms with Crippen molar-refractivity contribution >= 4 is 34.1 Å². The molecule has 618 valence electrons. The second-order valence-corrected chi connectivity index (χ2v) is 43.0. The first-order valence-corrected chi connectivity index (χ1v) is 44.2. The number of hydrogen-bond acceptors (Lipinski definition) is 12. The molecule has 18 rings (SSSR count). The molecule has 4 unspecified atom stereocenters. The quantitative estimate of drug-likeness (QED) is 0.157. The van der Waals surface area contributed by atoms with E-state index in [2.05, 4.69) is 325 Å². The van der Waals surface area contributed by atoms with Gasteiger partial charge in [-0.15, -0.1) is 0 Å². The van der Waals surface area contributed by atoms with Crippen LogP contribution in [-0.4, -0.2) is 150 Å². The Labute approximate surface area is 685 Å². The second kappa shape index (κ2) is 32.6. The number of benzene rings is 6. The van der Waals surface area contributed by atoms with Gasteiger partial charge in [0.05, 0.1) is 25.4 Å². The van der Waals surface area contributed by atoms with Gasteiger partial charge in [0.2, 0.25) is 0 Å². The number of anilines is 6. The molecule has 6 aromatic rings. The smallest absolute Gasteiger partial charge is 0.113 e. The Bertz CT molecular complexity index is 3960. The molecule has 12 heteroatoms. The van der Waals surface area contributed by atoms with Gasteiger partial charge in [-0.25, -0.2) is 0 Å². The minimum absolute atomic E-state index is 0.0122. The molecule has 12 aliphatic heterocycles. The highest BCUT2D eigenvalue weighted by molar-refractivity contribution is 5.67. The summed E-state index contributed by atoms with van der Waals surface area (Å²) in [6.45, 7) is 66.2. The average Bonchev–Trinajstić information content (AvgIpc) is 1.70. The molecular formula is C101H149N7O5. The molecule has 12 aliphatic rings. The Kier molecular flexibility index (Phi) is 24.5. The Morgan fingerprint density at radius 3 is 0.920 bits per heavy atom. The first-order valence-electron chi connectivity index (χ1n) is 44.2. The topological polar surface area (TPSA) is 68.8 Å². The summed E-state index contributed by atoms with van der Waals surface area (Å²) in [5.74, 6) is 0. The molecule has 0 N–H and O–H groups in total. The van der Waals surface area contributed by atoms with Crippen LogP contribution in [0, 0.1) is 5.41 Å². The van der Waals surface area contributed by atoms with E-state index < -0.39 is 0 Å². The normalized spacial score (nSPS) is 25.6. The van der Waals surface area contributed by atoms with E-state index in [1.165, 1.54) is 160 Å². The maximum absolute atomic E-state index is 6.14. The van der Waals surface area contributed by atoms with Crippen LogP contribution in [0.5, 0.6) is 0 Å². The molecule has 0 radical (unpaired) electrons. The van der Waals surface area contributed by atoms with Gasteiger partial charge in [0.25, 0.3) is 0 Å². The molecule has 6 spiro atoms. The number of hydrogen-bond donors (Lipinski definition) is 0. The van der Waals surface area contributed by atoms with Crippen LogP contribution in [0.15, 0.2) is 146 Å². The summed E-state index contributed by atoms with van der Waals surface area (Å²) in [5.41, 5.74) is 20.3. The van der Waals surface area contributed by atoms with Crippen molar-refractivity contribution in [3.8, 4) is 0 Å². The molecule has 4 atom stereocenters. The van der Waals surface area contributed by atoms with Crippen molar-refractivity contribution in [2.24, 2.45) is 5.41 Å². The van der Waals surface area contributed by atoms with E-state index in [0.717, 1.165) is 98.3 Å². The molecule has 0 amide bonds. The Balaban J connectivity index is 0.000000119. The van der Waals surface area contributed by atoms with Crippen molar-refractivity contribution in [3.05, 3.63) is 179 Å². The molecule has 6 aromatic carbocycles. The Hall–Kier alpha value is -6.12. The van der Waals surface area contributed by atoms with Gasteiger partial charge in [-0.2, -0.15) is 0 Å². The van der Waals surface area contributed by atoms with Crippen molar-refractivity contribution in [3.63, 3.8) is 0 Å². The summed E-state index contributed by atoms with van der Waals surface area (Å²) < 4.78 is 29.2. The van der Waals surface area contributed by atoms with E-state index in [-0.39, 0.29) is 49.9 Å². The molecule has 6 saturated heterocycles. The lowest BCUT2D eigenvalue weighted by Crippen LogP contribution is -2.52. The minimum atomic E-state index is -0.0239. The number of piperidine rings is 1. The van der Waals surface area contributed by atoms with E-state index in [1.54, 1.807) is 11.1 Å². The van der Waals surface area contributed by atoms with Crippen molar-refractivity contribution < 1.29 is 23.7 Å². The highest BCUT2D eigenvalue weighted by atomic mass is 16.5. The van der Waals surface area contributed by atoms with Crippen LogP contribution in [0.3, 0.4) is 0 Å². The third kappa shape index (κ3) is 17.9. The Morgan fingerprint density at radius 1 is 0.257 bits per heavy atom. The molecule has 0 saturated carbocycles. The first kappa shape index (κ1) is 84.8. The van der Waals surface area contributed by atoms with Crippen LogP contribution >= 0.6 is 0 Å². The maximum Gasteiger partial charge on any atom is 0.113 e. The van der Waals surface area contributed by atoms with Gasteiger partial charge in [-0.05, 0) is 292 Å². The lowest BCUT2D eigenvalue weighted by atomic mass is 9.67. The van der Waals surface area contributed by atoms with Crippen molar-refractivity contribution in [2.75, 3.05) is 141 Å². The fourth-order valence-electron chi connectivity index (χ4n) is 21.7. The van der Waals surface area contributed by atoms with Crippen LogP contribution in [0.25, 0.3) is 0 Å². The summed E-state index contributed by atoms with van der Waals surface area (Å²) >= 11 is 0. The lowest BCUT2D eigenvalue weighted by Gasteiger charge is -2.52. The third-order valence-electron chi connectivity index (χ3n) is 27.7. The highest BCUT2D eigenvalue weighted by Gasteiger charge is 2.52. The number of ether oxygens (including phenoxy) is 5. The average molecular weight is 1540 g/mol. The number of nitrogens with zero attached hydrogens (tertiary/aromatic N) is 7. The van der Waals surface area contributed by atoms with Gasteiger partial charge in [0.1, 0.15) is 5.60 Å². The number of fused-ring (bicyclic) bond motifs is 12. The highest BCUT2D eigenvalue weighted by Crippen LogP contribution is 2.55. The number of likely N-dealkylation sites (tertiary alicyclic amines) is 1. The van der Waals surface area contributed by atoms with E-state index in [4.69, 9.17) is 23.7 Å². The lowest BCUT2D eigenvalue weighted by molar-refractivity contribution is -0.00979. The van der Waals surface area contributed by atoms with E-state index in [0.29, 0.717) is 21.7 Å². The molecule has 12 heterocycles. The molecule has 0 aliphatic carbocycles. The zero-order valence-electron chi connectivity index (χ0n) is 74.4. The summed E-state index contributed by atoms with van der Waals surface area (Å²) in [6, 6.07) is 53.5.